The SMILES string of the molecule is Cc1nc2nc(NC(=O)[C@H](C)Oc3ccccc3)nn2c(C)c1Cl. The van der Waals surface area contributed by atoms with Crippen molar-refractivity contribution in [3.63, 3.8) is 0 Å². The van der Waals surface area contributed by atoms with Gasteiger partial charge in [-0.1, -0.05) is 29.8 Å². The van der Waals surface area contributed by atoms with E-state index >= 15 is 0 Å². The fourth-order valence-electron chi connectivity index (χ4n) is 2.18. The molecule has 2 aromatic heterocycles. The number of para-hydroxylation sites is 1. The van der Waals surface area contributed by atoms with Gasteiger partial charge in [0.2, 0.25) is 0 Å². The zero-order valence-corrected chi connectivity index (χ0v) is 14.2. The summed E-state index contributed by atoms with van der Waals surface area (Å²) in [7, 11) is 0. The number of rotatable bonds is 4. The molecule has 24 heavy (non-hydrogen) atoms. The van der Waals surface area contributed by atoms with E-state index in [-0.39, 0.29) is 11.9 Å². The highest BCUT2D eigenvalue weighted by Gasteiger charge is 2.18. The number of carbonyl (C=O) groups excluding carboxylic acids is 1. The lowest BCUT2D eigenvalue weighted by Gasteiger charge is -2.13. The highest BCUT2D eigenvalue weighted by atomic mass is 35.5. The smallest absolute Gasteiger partial charge is 0.267 e. The van der Waals surface area contributed by atoms with Gasteiger partial charge in [-0.15, -0.1) is 5.10 Å². The predicted molar refractivity (Wildman–Crippen MR) is 90.4 cm³/mol. The zero-order valence-electron chi connectivity index (χ0n) is 13.4. The number of aryl methyl sites for hydroxylation is 2. The number of hydrogen-bond acceptors (Lipinski definition) is 5. The second-order valence-corrected chi connectivity index (χ2v) is 5.68. The van der Waals surface area contributed by atoms with E-state index in [1.54, 1.807) is 26.0 Å². The standard InChI is InChI=1S/C16H16ClN5O2/c1-9-13(17)10(2)22-16(18-9)20-15(21-22)19-14(23)11(3)24-12-7-5-4-6-8-12/h4-8,11H,1-3H3,(H,19,21,23)/t11-/m0/s1. The highest BCUT2D eigenvalue weighted by molar-refractivity contribution is 6.31. The van der Waals surface area contributed by atoms with Crippen molar-refractivity contribution in [1.82, 2.24) is 19.6 Å². The van der Waals surface area contributed by atoms with Gasteiger partial charge in [0.1, 0.15) is 5.75 Å². The molecule has 3 aromatic rings. The Morgan fingerprint density at radius 1 is 1.25 bits per heavy atom. The molecule has 0 fully saturated rings. The molecule has 1 aromatic carbocycles. The molecule has 124 valence electrons. The lowest BCUT2D eigenvalue weighted by atomic mass is 10.3. The van der Waals surface area contributed by atoms with Crippen LogP contribution >= 0.6 is 11.6 Å². The van der Waals surface area contributed by atoms with Gasteiger partial charge in [0.05, 0.1) is 16.4 Å². The first kappa shape index (κ1) is 16.2. The van der Waals surface area contributed by atoms with Gasteiger partial charge in [-0.05, 0) is 32.9 Å². The van der Waals surface area contributed by atoms with Gasteiger partial charge in [-0.25, -0.2) is 4.98 Å². The molecule has 0 spiro atoms. The first-order valence-electron chi connectivity index (χ1n) is 7.37. The zero-order chi connectivity index (χ0) is 17.3. The summed E-state index contributed by atoms with van der Waals surface area (Å²) in [5.74, 6) is 0.792. The Morgan fingerprint density at radius 3 is 2.67 bits per heavy atom. The number of carbonyl (C=O) groups is 1. The van der Waals surface area contributed by atoms with Crippen molar-refractivity contribution in [3.05, 3.63) is 46.7 Å². The molecule has 0 bridgehead atoms. The van der Waals surface area contributed by atoms with Gasteiger partial charge < -0.3 is 4.74 Å². The van der Waals surface area contributed by atoms with Crippen LogP contribution in [0.1, 0.15) is 18.3 Å². The van der Waals surface area contributed by atoms with E-state index in [9.17, 15) is 4.79 Å². The molecule has 1 atom stereocenters. The quantitative estimate of drug-likeness (QED) is 0.786. The summed E-state index contributed by atoms with van der Waals surface area (Å²) >= 11 is 6.15. The maximum absolute atomic E-state index is 12.2. The van der Waals surface area contributed by atoms with Crippen LogP contribution in [-0.2, 0) is 4.79 Å². The molecule has 7 nitrogen and oxygen atoms in total. The van der Waals surface area contributed by atoms with Crippen molar-refractivity contribution in [2.24, 2.45) is 0 Å². The molecule has 3 rings (SSSR count). The van der Waals surface area contributed by atoms with Gasteiger partial charge in [-0.3, -0.25) is 10.1 Å². The lowest BCUT2D eigenvalue weighted by molar-refractivity contribution is -0.122. The number of fused-ring (bicyclic) bond motifs is 1. The summed E-state index contributed by atoms with van der Waals surface area (Å²) in [6.45, 7) is 5.26. The Labute approximate surface area is 143 Å². The Hall–Kier alpha value is -2.67. The van der Waals surface area contributed by atoms with Crippen LogP contribution in [0.3, 0.4) is 0 Å². The monoisotopic (exact) mass is 345 g/mol. The van der Waals surface area contributed by atoms with Gasteiger partial charge in [0, 0.05) is 0 Å². The molecule has 0 aliphatic heterocycles. The van der Waals surface area contributed by atoms with E-state index in [0.29, 0.717) is 27.9 Å². The van der Waals surface area contributed by atoms with Crippen LogP contribution in [0.15, 0.2) is 30.3 Å². The number of nitrogens with one attached hydrogen (secondary N) is 1. The van der Waals surface area contributed by atoms with Crippen molar-refractivity contribution in [2.75, 3.05) is 5.32 Å². The van der Waals surface area contributed by atoms with Crippen LogP contribution in [-0.4, -0.2) is 31.6 Å². The second kappa shape index (κ2) is 6.45. The largest absolute Gasteiger partial charge is 0.481 e. The van der Waals surface area contributed by atoms with Gasteiger partial charge in [0.25, 0.3) is 17.6 Å². The Bertz CT molecular complexity index is 894. The van der Waals surface area contributed by atoms with E-state index in [2.05, 4.69) is 20.4 Å². The molecule has 1 N–H and O–H groups in total. The minimum absolute atomic E-state index is 0.153. The van der Waals surface area contributed by atoms with Crippen LogP contribution in [0.5, 0.6) is 5.75 Å². The molecule has 0 saturated heterocycles. The van der Waals surface area contributed by atoms with E-state index in [0.717, 1.165) is 0 Å². The summed E-state index contributed by atoms with van der Waals surface area (Å²) in [5.41, 5.74) is 1.37. The van der Waals surface area contributed by atoms with E-state index in [1.807, 2.05) is 25.1 Å². The molecular formula is C16H16ClN5O2. The minimum atomic E-state index is -0.696. The fourth-order valence-corrected chi connectivity index (χ4v) is 2.30. The van der Waals surface area contributed by atoms with Crippen molar-refractivity contribution in [3.8, 4) is 5.75 Å². The predicted octanol–water partition coefficient (Wildman–Crippen LogP) is 2.80. The third kappa shape index (κ3) is 3.16. The first-order chi connectivity index (χ1) is 11.5. The number of benzene rings is 1. The van der Waals surface area contributed by atoms with Crippen LogP contribution in [0.25, 0.3) is 5.78 Å². The second-order valence-electron chi connectivity index (χ2n) is 5.31. The summed E-state index contributed by atoms with van der Waals surface area (Å²) in [4.78, 5) is 20.7. The Morgan fingerprint density at radius 2 is 1.96 bits per heavy atom. The fraction of sp³-hybridized carbons (Fsp3) is 0.250. The molecule has 0 radical (unpaired) electrons. The van der Waals surface area contributed by atoms with Gasteiger partial charge >= 0.3 is 0 Å². The number of ether oxygens (including phenoxy) is 1. The third-order valence-corrected chi connectivity index (χ3v) is 4.02. The van der Waals surface area contributed by atoms with Gasteiger partial charge in [-0.2, -0.15) is 9.50 Å². The van der Waals surface area contributed by atoms with Crippen LogP contribution in [0, 0.1) is 13.8 Å². The molecule has 0 saturated carbocycles. The maximum Gasteiger partial charge on any atom is 0.267 e. The van der Waals surface area contributed by atoms with E-state index in [4.69, 9.17) is 16.3 Å². The third-order valence-electron chi connectivity index (χ3n) is 3.47. The molecule has 1 amide bonds. The summed E-state index contributed by atoms with van der Waals surface area (Å²) in [5, 5.41) is 7.36. The summed E-state index contributed by atoms with van der Waals surface area (Å²) < 4.78 is 7.07. The number of anilines is 1. The molecule has 0 aliphatic rings. The lowest BCUT2D eigenvalue weighted by Crippen LogP contribution is -2.30. The molecule has 0 unspecified atom stereocenters. The topological polar surface area (TPSA) is 81.4 Å². The molecule has 0 aliphatic carbocycles. The Kier molecular flexibility index (Phi) is 4.35. The summed E-state index contributed by atoms with van der Waals surface area (Å²) in [6, 6.07) is 9.12. The molecule has 8 heteroatoms. The molecule has 2 heterocycles. The number of nitrogens with zero attached hydrogens (tertiary/aromatic N) is 4. The first-order valence-corrected chi connectivity index (χ1v) is 7.75. The number of hydrogen-bond donors (Lipinski definition) is 1. The van der Waals surface area contributed by atoms with Crippen LogP contribution in [0.4, 0.5) is 5.95 Å². The number of amides is 1. The highest BCUT2D eigenvalue weighted by Crippen LogP contribution is 2.19. The molecular weight excluding hydrogens is 330 g/mol. The minimum Gasteiger partial charge on any atom is -0.481 e. The van der Waals surface area contributed by atoms with Crippen LogP contribution in [0.2, 0.25) is 5.02 Å². The van der Waals surface area contributed by atoms with E-state index < -0.39 is 6.10 Å². The average Bonchev–Trinajstić information content (AvgIpc) is 2.96. The van der Waals surface area contributed by atoms with E-state index in [1.165, 1.54) is 4.52 Å². The number of halogens is 1. The summed E-state index contributed by atoms with van der Waals surface area (Å²) in [6.07, 6.45) is -0.696. The van der Waals surface area contributed by atoms with Crippen molar-refractivity contribution in [1.29, 1.82) is 0 Å². The normalized spacial score (nSPS) is 12.2. The van der Waals surface area contributed by atoms with Crippen molar-refractivity contribution < 1.29 is 9.53 Å². The number of aromatic nitrogens is 4. The van der Waals surface area contributed by atoms with Crippen molar-refractivity contribution >= 4 is 29.2 Å². The average molecular weight is 346 g/mol. The van der Waals surface area contributed by atoms with Crippen molar-refractivity contribution in [2.45, 2.75) is 26.9 Å². The Balaban J connectivity index is 1.77. The van der Waals surface area contributed by atoms with Gasteiger partial charge in [0.15, 0.2) is 6.10 Å². The van der Waals surface area contributed by atoms with Crippen LogP contribution < -0.4 is 10.1 Å². The maximum atomic E-state index is 12.2.